The van der Waals surface area contributed by atoms with Crippen molar-refractivity contribution in [3.63, 3.8) is 0 Å². The minimum atomic E-state index is -0.315. The summed E-state index contributed by atoms with van der Waals surface area (Å²) in [6.07, 6.45) is 1.77. The Morgan fingerprint density at radius 3 is 2.69 bits per heavy atom. The summed E-state index contributed by atoms with van der Waals surface area (Å²) in [5, 5.41) is 3.22. The minimum absolute atomic E-state index is 0.0216. The summed E-state index contributed by atoms with van der Waals surface area (Å²) in [4.78, 5) is 11.8. The largest absolute Gasteiger partial charge is 0.459 e. The van der Waals surface area contributed by atoms with E-state index >= 15 is 0 Å². The monoisotopic (exact) mass is 220 g/mol. The molecule has 16 heavy (non-hydrogen) atoms. The Morgan fingerprint density at radius 1 is 1.31 bits per heavy atom. The summed E-state index contributed by atoms with van der Waals surface area (Å²) in [5.41, 5.74) is 6.65. The van der Waals surface area contributed by atoms with E-state index in [1.54, 1.807) is 24.3 Å². The number of nitrogen functional groups attached to an aromatic ring is 1. The second kappa shape index (κ2) is 4.99. The maximum Gasteiger partial charge on any atom is 0.340 e. The molecular formula is C12H16N2O2. The lowest BCUT2D eigenvalue weighted by molar-refractivity contribution is 0.0231. The van der Waals surface area contributed by atoms with Gasteiger partial charge in [0, 0.05) is 5.69 Å². The topological polar surface area (TPSA) is 64.4 Å². The molecule has 86 valence electrons. The van der Waals surface area contributed by atoms with Crippen LogP contribution in [0, 0.1) is 0 Å². The molecule has 1 saturated heterocycles. The standard InChI is InChI=1S/C12H16N2O2/c13-11-4-2-1-3-10(11)12(15)16-9-5-7-14-8-6-9/h1-4,9,14H,5-8,13H2. The Kier molecular flexibility index (Phi) is 3.41. The van der Waals surface area contributed by atoms with Crippen molar-refractivity contribution >= 4 is 11.7 Å². The van der Waals surface area contributed by atoms with Gasteiger partial charge < -0.3 is 15.8 Å². The smallest absolute Gasteiger partial charge is 0.340 e. The molecule has 0 unspecified atom stereocenters. The third-order valence-electron chi connectivity index (χ3n) is 2.74. The number of esters is 1. The Bertz CT molecular complexity index is 373. The predicted octanol–water partition coefficient (Wildman–Crippen LogP) is 1.18. The molecule has 0 amide bonds. The molecule has 1 fully saturated rings. The van der Waals surface area contributed by atoms with Gasteiger partial charge in [-0.2, -0.15) is 0 Å². The highest BCUT2D eigenvalue weighted by atomic mass is 16.5. The highest BCUT2D eigenvalue weighted by Gasteiger charge is 2.19. The van der Waals surface area contributed by atoms with Crippen LogP contribution in [0.5, 0.6) is 0 Å². The van der Waals surface area contributed by atoms with Crippen molar-refractivity contribution in [2.45, 2.75) is 18.9 Å². The van der Waals surface area contributed by atoms with Crippen molar-refractivity contribution in [3.05, 3.63) is 29.8 Å². The third-order valence-corrected chi connectivity index (χ3v) is 2.74. The number of carbonyl (C=O) groups excluding carboxylic acids is 1. The minimum Gasteiger partial charge on any atom is -0.459 e. The molecule has 0 saturated carbocycles. The first-order valence-electron chi connectivity index (χ1n) is 5.53. The van der Waals surface area contributed by atoms with Gasteiger partial charge in [0.05, 0.1) is 5.56 Å². The first-order valence-corrected chi connectivity index (χ1v) is 5.53. The van der Waals surface area contributed by atoms with Gasteiger partial charge in [-0.15, -0.1) is 0 Å². The number of benzene rings is 1. The molecule has 0 spiro atoms. The van der Waals surface area contributed by atoms with E-state index in [0.717, 1.165) is 25.9 Å². The zero-order chi connectivity index (χ0) is 11.4. The zero-order valence-corrected chi connectivity index (χ0v) is 9.11. The van der Waals surface area contributed by atoms with Gasteiger partial charge in [0.1, 0.15) is 6.10 Å². The molecule has 1 aliphatic heterocycles. The van der Waals surface area contributed by atoms with Crippen LogP contribution in [0.2, 0.25) is 0 Å². The summed E-state index contributed by atoms with van der Waals surface area (Å²) in [7, 11) is 0. The van der Waals surface area contributed by atoms with Crippen LogP contribution in [0.15, 0.2) is 24.3 Å². The molecule has 0 atom stereocenters. The van der Waals surface area contributed by atoms with E-state index in [9.17, 15) is 4.79 Å². The second-order valence-electron chi connectivity index (χ2n) is 3.94. The number of carbonyl (C=O) groups is 1. The first-order chi connectivity index (χ1) is 7.77. The molecule has 1 aromatic rings. The molecule has 0 aromatic heterocycles. The van der Waals surface area contributed by atoms with Gasteiger partial charge in [-0.05, 0) is 38.1 Å². The fraction of sp³-hybridized carbons (Fsp3) is 0.417. The molecule has 1 aromatic carbocycles. The molecule has 4 nitrogen and oxygen atoms in total. The van der Waals surface area contributed by atoms with Crippen LogP contribution in [-0.2, 0) is 4.74 Å². The summed E-state index contributed by atoms with van der Waals surface area (Å²) in [6, 6.07) is 6.99. The van der Waals surface area contributed by atoms with Gasteiger partial charge in [0.25, 0.3) is 0 Å². The lowest BCUT2D eigenvalue weighted by Crippen LogP contribution is -2.33. The molecule has 2 rings (SSSR count). The van der Waals surface area contributed by atoms with Gasteiger partial charge in [-0.3, -0.25) is 0 Å². The number of nitrogens with one attached hydrogen (secondary N) is 1. The summed E-state index contributed by atoms with van der Waals surface area (Å²) in [6.45, 7) is 1.81. The van der Waals surface area contributed by atoms with Gasteiger partial charge in [-0.1, -0.05) is 12.1 Å². The van der Waals surface area contributed by atoms with Crippen molar-refractivity contribution in [2.75, 3.05) is 18.8 Å². The first kappa shape index (κ1) is 11.0. The van der Waals surface area contributed by atoms with Crippen molar-refractivity contribution in [2.24, 2.45) is 0 Å². The van der Waals surface area contributed by atoms with Crippen molar-refractivity contribution in [1.29, 1.82) is 0 Å². The molecule has 0 radical (unpaired) electrons. The van der Waals surface area contributed by atoms with Crippen molar-refractivity contribution in [3.8, 4) is 0 Å². The number of piperidine rings is 1. The SMILES string of the molecule is Nc1ccccc1C(=O)OC1CCNCC1. The van der Waals surface area contributed by atoms with Crippen LogP contribution in [0.3, 0.4) is 0 Å². The molecule has 0 aliphatic carbocycles. The Morgan fingerprint density at radius 2 is 2.00 bits per heavy atom. The van der Waals surface area contributed by atoms with Crippen LogP contribution in [0.4, 0.5) is 5.69 Å². The average Bonchev–Trinajstić information content (AvgIpc) is 2.31. The summed E-state index contributed by atoms with van der Waals surface area (Å²) >= 11 is 0. The lowest BCUT2D eigenvalue weighted by atomic mass is 10.1. The van der Waals surface area contributed by atoms with E-state index in [4.69, 9.17) is 10.5 Å². The summed E-state index contributed by atoms with van der Waals surface area (Å²) in [5.74, 6) is -0.315. The number of para-hydroxylation sites is 1. The van der Waals surface area contributed by atoms with Crippen LogP contribution in [-0.4, -0.2) is 25.2 Å². The zero-order valence-electron chi connectivity index (χ0n) is 9.11. The van der Waals surface area contributed by atoms with E-state index in [1.165, 1.54) is 0 Å². The number of ether oxygens (including phenoxy) is 1. The van der Waals surface area contributed by atoms with Crippen LogP contribution in [0.1, 0.15) is 23.2 Å². The van der Waals surface area contributed by atoms with Crippen LogP contribution in [0.25, 0.3) is 0 Å². The fourth-order valence-corrected chi connectivity index (χ4v) is 1.81. The normalized spacial score (nSPS) is 17.0. The van der Waals surface area contributed by atoms with Crippen molar-refractivity contribution < 1.29 is 9.53 Å². The fourth-order valence-electron chi connectivity index (χ4n) is 1.81. The molecule has 3 N–H and O–H groups in total. The number of hydrogen-bond acceptors (Lipinski definition) is 4. The quantitative estimate of drug-likeness (QED) is 0.580. The number of hydrogen-bond donors (Lipinski definition) is 2. The number of anilines is 1. The second-order valence-corrected chi connectivity index (χ2v) is 3.94. The summed E-state index contributed by atoms with van der Waals surface area (Å²) < 4.78 is 5.40. The van der Waals surface area contributed by atoms with Crippen LogP contribution < -0.4 is 11.1 Å². The van der Waals surface area contributed by atoms with E-state index in [2.05, 4.69) is 5.32 Å². The molecular weight excluding hydrogens is 204 g/mol. The average molecular weight is 220 g/mol. The Hall–Kier alpha value is -1.55. The molecule has 1 aliphatic rings. The van der Waals surface area contributed by atoms with Gasteiger partial charge in [0.15, 0.2) is 0 Å². The highest BCUT2D eigenvalue weighted by Crippen LogP contribution is 2.15. The van der Waals surface area contributed by atoms with Gasteiger partial charge >= 0.3 is 5.97 Å². The molecule has 1 heterocycles. The van der Waals surface area contributed by atoms with E-state index in [0.29, 0.717) is 11.3 Å². The van der Waals surface area contributed by atoms with Gasteiger partial charge in [0.2, 0.25) is 0 Å². The maximum atomic E-state index is 11.8. The van der Waals surface area contributed by atoms with Gasteiger partial charge in [-0.25, -0.2) is 4.79 Å². The number of nitrogens with two attached hydrogens (primary N) is 1. The van der Waals surface area contributed by atoms with E-state index in [-0.39, 0.29) is 12.1 Å². The highest BCUT2D eigenvalue weighted by molar-refractivity contribution is 5.95. The predicted molar refractivity (Wildman–Crippen MR) is 62.2 cm³/mol. The van der Waals surface area contributed by atoms with Crippen molar-refractivity contribution in [1.82, 2.24) is 5.32 Å². The Balaban J connectivity index is 2.00. The van der Waals surface area contributed by atoms with E-state index in [1.807, 2.05) is 0 Å². The molecule has 0 bridgehead atoms. The van der Waals surface area contributed by atoms with E-state index < -0.39 is 0 Å². The number of rotatable bonds is 2. The van der Waals surface area contributed by atoms with Crippen LogP contribution >= 0.6 is 0 Å². The maximum absolute atomic E-state index is 11.8. The molecule has 4 heteroatoms. The third kappa shape index (κ3) is 2.52. The Labute approximate surface area is 94.8 Å². The lowest BCUT2D eigenvalue weighted by Gasteiger charge is -2.22.